The molecule has 1 aliphatic heterocycles. The van der Waals surface area contributed by atoms with Crippen LogP contribution in [0.4, 0.5) is 4.79 Å². The van der Waals surface area contributed by atoms with E-state index < -0.39 is 11.8 Å². The van der Waals surface area contributed by atoms with Crippen LogP contribution in [0.25, 0.3) is 6.08 Å². The van der Waals surface area contributed by atoms with E-state index in [2.05, 4.69) is 5.92 Å². The van der Waals surface area contributed by atoms with Crippen molar-refractivity contribution < 1.29 is 19.1 Å². The lowest BCUT2D eigenvalue weighted by Gasteiger charge is -2.06. The van der Waals surface area contributed by atoms with Gasteiger partial charge in [0.05, 0.1) is 11.4 Å². The van der Waals surface area contributed by atoms with E-state index in [1.54, 1.807) is 30.3 Å². The molecule has 6 nitrogen and oxygen atoms in total. The molecular formula is C15H12N2O4S. The van der Waals surface area contributed by atoms with Crippen molar-refractivity contribution in [1.29, 1.82) is 0 Å². The first-order chi connectivity index (χ1) is 10.5. The van der Waals surface area contributed by atoms with E-state index in [0.717, 1.165) is 22.2 Å². The summed E-state index contributed by atoms with van der Waals surface area (Å²) in [5.74, 6) is 1.79. The Morgan fingerprint density at radius 2 is 2.05 bits per heavy atom. The van der Waals surface area contributed by atoms with E-state index in [1.165, 1.54) is 0 Å². The zero-order valence-electron chi connectivity index (χ0n) is 11.4. The van der Waals surface area contributed by atoms with Gasteiger partial charge in [-0.15, -0.1) is 6.42 Å². The van der Waals surface area contributed by atoms with Crippen LogP contribution in [0.15, 0.2) is 29.2 Å². The Labute approximate surface area is 131 Å². The molecule has 0 atom stereocenters. The summed E-state index contributed by atoms with van der Waals surface area (Å²) in [7, 11) is 0. The fourth-order valence-corrected chi connectivity index (χ4v) is 2.53. The van der Waals surface area contributed by atoms with Crippen molar-refractivity contribution in [2.24, 2.45) is 5.73 Å². The number of nitrogens with zero attached hydrogens (tertiary/aromatic N) is 1. The van der Waals surface area contributed by atoms with Crippen LogP contribution in [0.3, 0.4) is 0 Å². The molecule has 0 aromatic heterocycles. The van der Waals surface area contributed by atoms with Gasteiger partial charge in [-0.25, -0.2) is 0 Å². The zero-order chi connectivity index (χ0) is 16.1. The maximum atomic E-state index is 12.0. The second-order valence-electron chi connectivity index (χ2n) is 4.30. The second-order valence-corrected chi connectivity index (χ2v) is 5.29. The molecule has 1 aromatic rings. The van der Waals surface area contributed by atoms with Crippen molar-refractivity contribution in [3.63, 3.8) is 0 Å². The number of ether oxygens (including phenoxy) is 1. The lowest BCUT2D eigenvalue weighted by Crippen LogP contribution is -2.28. The van der Waals surface area contributed by atoms with Crippen LogP contribution in [-0.4, -0.2) is 35.1 Å². The summed E-state index contributed by atoms with van der Waals surface area (Å²) in [6.45, 7) is -0.244. The topological polar surface area (TPSA) is 89.7 Å². The fourth-order valence-electron chi connectivity index (χ4n) is 1.69. The highest BCUT2D eigenvalue weighted by Gasteiger charge is 2.34. The number of imide groups is 1. The second kappa shape index (κ2) is 6.83. The molecule has 0 bridgehead atoms. The Bertz CT molecular complexity index is 688. The average Bonchev–Trinajstić information content (AvgIpc) is 2.74. The standard InChI is InChI=1S/C15H12N2O4S/c1-2-7-17-14(19)12(22-15(17)20)8-10-3-5-11(6-4-10)21-9-13(16)18/h1,3-6,8H,7,9H2,(H2,16,18)/b12-8+. The predicted molar refractivity (Wildman–Crippen MR) is 82.6 cm³/mol. The summed E-state index contributed by atoms with van der Waals surface area (Å²) in [6, 6.07) is 6.68. The van der Waals surface area contributed by atoms with Crippen molar-refractivity contribution >= 4 is 34.9 Å². The van der Waals surface area contributed by atoms with Crippen LogP contribution in [0, 0.1) is 12.3 Å². The molecule has 1 aliphatic rings. The number of rotatable bonds is 5. The van der Waals surface area contributed by atoms with Gasteiger partial charge < -0.3 is 10.5 Å². The number of primary amides is 1. The van der Waals surface area contributed by atoms with Crippen LogP contribution in [0.1, 0.15) is 5.56 Å². The van der Waals surface area contributed by atoms with Gasteiger partial charge in [0, 0.05) is 0 Å². The minimum atomic E-state index is -0.564. The number of thioether (sulfide) groups is 1. The first-order valence-electron chi connectivity index (χ1n) is 6.21. The largest absolute Gasteiger partial charge is 0.484 e. The fraction of sp³-hybridized carbons (Fsp3) is 0.133. The third kappa shape index (κ3) is 3.68. The molecule has 0 spiro atoms. The van der Waals surface area contributed by atoms with E-state index >= 15 is 0 Å². The third-order valence-electron chi connectivity index (χ3n) is 2.68. The first kappa shape index (κ1) is 15.7. The number of amides is 3. The molecule has 0 unspecified atom stereocenters. The molecule has 3 amide bonds. The highest BCUT2D eigenvalue weighted by atomic mass is 32.2. The maximum absolute atomic E-state index is 12.0. The summed E-state index contributed by atoms with van der Waals surface area (Å²) in [5, 5.41) is -0.379. The van der Waals surface area contributed by atoms with Crippen molar-refractivity contribution in [3.05, 3.63) is 34.7 Å². The van der Waals surface area contributed by atoms with E-state index in [0.29, 0.717) is 10.7 Å². The first-order valence-corrected chi connectivity index (χ1v) is 7.03. The molecule has 7 heteroatoms. The summed E-state index contributed by atoms with van der Waals surface area (Å²) in [6.07, 6.45) is 6.72. The molecule has 22 heavy (non-hydrogen) atoms. The molecule has 1 aromatic carbocycles. The van der Waals surface area contributed by atoms with Crippen molar-refractivity contribution in [2.75, 3.05) is 13.2 Å². The van der Waals surface area contributed by atoms with E-state index in [9.17, 15) is 14.4 Å². The van der Waals surface area contributed by atoms with Gasteiger partial charge in [-0.3, -0.25) is 19.3 Å². The highest BCUT2D eigenvalue weighted by Crippen LogP contribution is 2.32. The molecular weight excluding hydrogens is 304 g/mol. The Balaban J connectivity index is 2.10. The summed E-state index contributed by atoms with van der Waals surface area (Å²) >= 11 is 0.845. The molecule has 0 radical (unpaired) electrons. The van der Waals surface area contributed by atoms with Gasteiger partial charge in [-0.05, 0) is 35.5 Å². The van der Waals surface area contributed by atoms with Crippen LogP contribution in [-0.2, 0) is 9.59 Å². The smallest absolute Gasteiger partial charge is 0.294 e. The number of carbonyl (C=O) groups is 3. The number of carbonyl (C=O) groups excluding carboxylic acids is 3. The number of hydrogen-bond acceptors (Lipinski definition) is 5. The van der Waals surface area contributed by atoms with Crippen molar-refractivity contribution in [3.8, 4) is 18.1 Å². The van der Waals surface area contributed by atoms with Gasteiger partial charge in [0.15, 0.2) is 6.61 Å². The van der Waals surface area contributed by atoms with E-state index in [1.807, 2.05) is 0 Å². The summed E-state index contributed by atoms with van der Waals surface area (Å²) in [5.41, 5.74) is 5.70. The van der Waals surface area contributed by atoms with Crippen LogP contribution in [0.2, 0.25) is 0 Å². The quantitative estimate of drug-likeness (QED) is 0.651. The van der Waals surface area contributed by atoms with Crippen LogP contribution < -0.4 is 10.5 Å². The molecule has 1 fully saturated rings. The number of benzene rings is 1. The van der Waals surface area contributed by atoms with Crippen LogP contribution >= 0.6 is 11.8 Å². The summed E-state index contributed by atoms with van der Waals surface area (Å²) in [4.78, 5) is 35.6. The van der Waals surface area contributed by atoms with Gasteiger partial charge in [0.2, 0.25) is 0 Å². The molecule has 2 N–H and O–H groups in total. The van der Waals surface area contributed by atoms with Crippen LogP contribution in [0.5, 0.6) is 5.75 Å². The van der Waals surface area contributed by atoms with Gasteiger partial charge in [-0.2, -0.15) is 0 Å². The minimum absolute atomic E-state index is 0.0398. The maximum Gasteiger partial charge on any atom is 0.294 e. The molecule has 1 saturated heterocycles. The predicted octanol–water partition coefficient (Wildman–Crippen LogP) is 1.22. The van der Waals surface area contributed by atoms with E-state index in [4.69, 9.17) is 16.9 Å². The Hall–Kier alpha value is -2.72. The third-order valence-corrected chi connectivity index (χ3v) is 3.59. The monoisotopic (exact) mass is 316 g/mol. The molecule has 0 aliphatic carbocycles. The minimum Gasteiger partial charge on any atom is -0.484 e. The molecule has 2 rings (SSSR count). The molecule has 1 heterocycles. The molecule has 0 saturated carbocycles. The Morgan fingerprint density at radius 3 is 2.64 bits per heavy atom. The Kier molecular flexibility index (Phi) is 4.86. The van der Waals surface area contributed by atoms with Gasteiger partial charge in [0.1, 0.15) is 5.75 Å². The number of hydrogen-bond donors (Lipinski definition) is 1. The van der Waals surface area contributed by atoms with Crippen molar-refractivity contribution in [2.45, 2.75) is 0 Å². The Morgan fingerprint density at radius 1 is 1.36 bits per heavy atom. The molecule has 112 valence electrons. The van der Waals surface area contributed by atoms with E-state index in [-0.39, 0.29) is 18.4 Å². The highest BCUT2D eigenvalue weighted by molar-refractivity contribution is 8.18. The zero-order valence-corrected chi connectivity index (χ0v) is 12.3. The van der Waals surface area contributed by atoms with Crippen molar-refractivity contribution in [1.82, 2.24) is 4.90 Å². The number of nitrogens with two attached hydrogens (primary N) is 1. The van der Waals surface area contributed by atoms with Gasteiger partial charge >= 0.3 is 0 Å². The van der Waals surface area contributed by atoms with Gasteiger partial charge in [-0.1, -0.05) is 18.1 Å². The normalized spacial score (nSPS) is 16.0. The SMILES string of the molecule is C#CCN1C(=O)S/C(=C/c2ccc(OCC(N)=O)cc2)C1=O. The lowest BCUT2D eigenvalue weighted by atomic mass is 10.2. The lowest BCUT2D eigenvalue weighted by molar-refractivity contribution is -0.122. The van der Waals surface area contributed by atoms with Gasteiger partial charge in [0.25, 0.3) is 17.1 Å². The number of terminal acetylenes is 1. The average molecular weight is 316 g/mol. The summed E-state index contributed by atoms with van der Waals surface area (Å²) < 4.78 is 5.13.